The quantitative estimate of drug-likeness (QED) is 0.251. The van der Waals surface area contributed by atoms with Gasteiger partial charge >= 0.3 is 0 Å². The second-order valence-electron chi connectivity index (χ2n) is 8.45. The van der Waals surface area contributed by atoms with E-state index in [-0.39, 0.29) is 22.2 Å². The van der Waals surface area contributed by atoms with E-state index in [1.165, 1.54) is 39.3 Å². The van der Waals surface area contributed by atoms with E-state index >= 15 is 0 Å². The minimum atomic E-state index is -4.22. The zero-order valence-corrected chi connectivity index (χ0v) is 23.7. The molecule has 0 radical (unpaired) electrons. The van der Waals surface area contributed by atoms with Gasteiger partial charge in [0.2, 0.25) is 5.91 Å². The van der Waals surface area contributed by atoms with Crippen LogP contribution in [-0.4, -0.2) is 53.3 Å². The number of ether oxygens (including phenoxy) is 3. The molecule has 0 saturated heterocycles. The molecule has 0 aliphatic rings. The van der Waals surface area contributed by atoms with Gasteiger partial charge in [0.25, 0.3) is 15.9 Å². The predicted molar refractivity (Wildman–Crippen MR) is 153 cm³/mol. The van der Waals surface area contributed by atoms with E-state index in [1.54, 1.807) is 55.5 Å². The highest BCUT2D eigenvalue weighted by molar-refractivity contribution is 7.92. The summed E-state index contributed by atoms with van der Waals surface area (Å²) < 4.78 is 44.5. The summed E-state index contributed by atoms with van der Waals surface area (Å²) in [6, 6.07) is 17.5. The van der Waals surface area contributed by atoms with Gasteiger partial charge in [-0.3, -0.25) is 13.9 Å². The van der Waals surface area contributed by atoms with Gasteiger partial charge in [0, 0.05) is 18.7 Å². The number of sulfonamides is 1. The van der Waals surface area contributed by atoms with Gasteiger partial charge in [0.15, 0.2) is 11.5 Å². The van der Waals surface area contributed by atoms with Gasteiger partial charge in [-0.15, -0.1) is 0 Å². The number of anilines is 2. The molecule has 3 aromatic rings. The minimum absolute atomic E-state index is 0.0919. The van der Waals surface area contributed by atoms with Crippen molar-refractivity contribution in [2.75, 3.05) is 37.0 Å². The number of amides is 2. The predicted octanol–water partition coefficient (Wildman–Crippen LogP) is 3.80. The molecule has 0 atom stereocenters. The second kappa shape index (κ2) is 13.5. The first kappa shape index (κ1) is 30.0. The molecule has 212 valence electrons. The van der Waals surface area contributed by atoms with Crippen LogP contribution < -0.4 is 29.3 Å². The van der Waals surface area contributed by atoms with E-state index in [0.29, 0.717) is 35.1 Å². The largest absolute Gasteiger partial charge is 0.494 e. The molecule has 2 N–H and O–H groups in total. The summed E-state index contributed by atoms with van der Waals surface area (Å²) in [7, 11) is -1.37. The van der Waals surface area contributed by atoms with Crippen LogP contribution in [0.1, 0.15) is 26.3 Å². The number of methoxy groups -OCH3 is 2. The highest BCUT2D eigenvalue weighted by Gasteiger charge is 2.28. The maximum atomic E-state index is 13.8. The van der Waals surface area contributed by atoms with Crippen LogP contribution in [0.25, 0.3) is 0 Å². The fourth-order valence-corrected chi connectivity index (χ4v) is 5.11. The molecule has 0 aliphatic carbocycles. The number of benzene rings is 3. The molecule has 0 heterocycles. The topological polar surface area (TPSA) is 136 Å². The van der Waals surface area contributed by atoms with Crippen LogP contribution in [-0.2, 0) is 19.6 Å². The van der Waals surface area contributed by atoms with Crippen LogP contribution in [0.3, 0.4) is 0 Å². The summed E-state index contributed by atoms with van der Waals surface area (Å²) in [5, 5.41) is 6.80. The second-order valence-corrected chi connectivity index (χ2v) is 10.3. The SMILES string of the molecule is CCOc1ccc(N(CC(=O)N/N=C(/C)c2ccc(NC(C)=O)cc2)S(=O)(=O)c2ccc(OC)c(OC)c2)cc1. The average Bonchev–Trinajstić information content (AvgIpc) is 2.95. The number of nitrogens with one attached hydrogen (secondary N) is 2. The maximum Gasteiger partial charge on any atom is 0.264 e. The smallest absolute Gasteiger partial charge is 0.264 e. The van der Waals surface area contributed by atoms with E-state index in [2.05, 4.69) is 15.8 Å². The summed E-state index contributed by atoms with van der Waals surface area (Å²) in [5.41, 5.74) is 4.49. The van der Waals surface area contributed by atoms with Crippen molar-refractivity contribution in [3.63, 3.8) is 0 Å². The Bertz CT molecular complexity index is 1470. The first-order chi connectivity index (χ1) is 19.1. The molecule has 12 heteroatoms. The molecule has 0 spiro atoms. The summed E-state index contributed by atoms with van der Waals surface area (Å²) in [5.74, 6) is 0.299. The third kappa shape index (κ3) is 7.50. The number of hydrogen-bond acceptors (Lipinski definition) is 8. The lowest BCUT2D eigenvalue weighted by atomic mass is 10.1. The first-order valence-electron chi connectivity index (χ1n) is 12.3. The van der Waals surface area contributed by atoms with Gasteiger partial charge < -0.3 is 19.5 Å². The van der Waals surface area contributed by atoms with Gasteiger partial charge in [-0.25, -0.2) is 13.8 Å². The number of carbonyl (C=O) groups excluding carboxylic acids is 2. The zero-order valence-electron chi connectivity index (χ0n) is 22.9. The molecule has 0 aliphatic heterocycles. The fraction of sp³-hybridized carbons (Fsp3) is 0.250. The lowest BCUT2D eigenvalue weighted by molar-refractivity contribution is -0.119. The molecule has 0 unspecified atom stereocenters. The molecule has 0 fully saturated rings. The Labute approximate surface area is 233 Å². The molecular weight excluding hydrogens is 536 g/mol. The van der Waals surface area contributed by atoms with E-state index in [9.17, 15) is 18.0 Å². The van der Waals surface area contributed by atoms with Gasteiger partial charge in [-0.05, 0) is 67.9 Å². The Morgan fingerprint density at radius 3 is 2.12 bits per heavy atom. The standard InChI is InChI=1S/C28H32N4O7S/c1-6-39-24-13-11-23(12-14-24)32(40(35,36)25-15-16-26(37-4)27(17-25)38-5)18-28(34)31-30-19(2)21-7-9-22(10-8-21)29-20(3)33/h7-17H,6,18H2,1-5H3,(H,29,33)(H,31,34)/b30-19-. The number of nitrogens with zero attached hydrogens (tertiary/aromatic N) is 2. The Kier molecular flexibility index (Phi) is 10.1. The third-order valence-corrected chi connectivity index (χ3v) is 7.41. The van der Waals surface area contributed by atoms with Crippen molar-refractivity contribution in [3.05, 3.63) is 72.3 Å². The maximum absolute atomic E-state index is 13.8. The Morgan fingerprint density at radius 2 is 1.55 bits per heavy atom. The van der Waals surface area contributed by atoms with Gasteiger partial charge in [0.1, 0.15) is 12.3 Å². The van der Waals surface area contributed by atoms with Crippen molar-refractivity contribution >= 4 is 38.9 Å². The van der Waals surface area contributed by atoms with Crippen molar-refractivity contribution in [2.45, 2.75) is 25.7 Å². The molecule has 0 aromatic heterocycles. The summed E-state index contributed by atoms with van der Waals surface area (Å²) in [4.78, 5) is 24.1. The number of hydrazone groups is 1. The fourth-order valence-electron chi connectivity index (χ4n) is 3.67. The monoisotopic (exact) mass is 568 g/mol. The molecule has 3 rings (SSSR count). The van der Waals surface area contributed by atoms with Crippen molar-refractivity contribution in [2.24, 2.45) is 5.10 Å². The highest BCUT2D eigenvalue weighted by atomic mass is 32.2. The van der Waals surface area contributed by atoms with Crippen LogP contribution in [0.2, 0.25) is 0 Å². The van der Waals surface area contributed by atoms with Crippen molar-refractivity contribution < 1.29 is 32.2 Å². The molecule has 2 amide bonds. The van der Waals surface area contributed by atoms with Crippen LogP contribution in [0.15, 0.2) is 76.7 Å². The van der Waals surface area contributed by atoms with Crippen LogP contribution in [0.4, 0.5) is 11.4 Å². The molecule has 0 saturated carbocycles. The third-order valence-electron chi connectivity index (χ3n) is 5.64. The molecule has 3 aromatic carbocycles. The summed E-state index contributed by atoms with van der Waals surface area (Å²) >= 11 is 0. The van der Waals surface area contributed by atoms with E-state index < -0.39 is 22.5 Å². The van der Waals surface area contributed by atoms with Crippen LogP contribution in [0.5, 0.6) is 17.2 Å². The Hall–Kier alpha value is -4.58. The minimum Gasteiger partial charge on any atom is -0.494 e. The molecule has 40 heavy (non-hydrogen) atoms. The normalized spacial score (nSPS) is 11.4. The number of hydrogen-bond donors (Lipinski definition) is 2. The van der Waals surface area contributed by atoms with Gasteiger partial charge in [-0.1, -0.05) is 12.1 Å². The van der Waals surface area contributed by atoms with Crippen molar-refractivity contribution in [1.82, 2.24) is 5.43 Å². The van der Waals surface area contributed by atoms with E-state index in [4.69, 9.17) is 14.2 Å². The number of rotatable bonds is 12. The highest BCUT2D eigenvalue weighted by Crippen LogP contribution is 2.32. The van der Waals surface area contributed by atoms with Gasteiger partial charge in [-0.2, -0.15) is 5.10 Å². The lowest BCUT2D eigenvalue weighted by Gasteiger charge is -2.24. The zero-order chi connectivity index (χ0) is 29.3. The summed E-state index contributed by atoms with van der Waals surface area (Å²) in [6.45, 7) is 4.84. The average molecular weight is 569 g/mol. The molecular formula is C28H32N4O7S. The number of carbonyl (C=O) groups is 2. The van der Waals surface area contributed by atoms with Crippen LogP contribution >= 0.6 is 0 Å². The Balaban J connectivity index is 1.88. The first-order valence-corrected chi connectivity index (χ1v) is 13.7. The van der Waals surface area contributed by atoms with E-state index in [0.717, 1.165) is 4.31 Å². The van der Waals surface area contributed by atoms with Crippen LogP contribution in [0, 0.1) is 0 Å². The van der Waals surface area contributed by atoms with E-state index in [1.807, 2.05) is 6.92 Å². The van der Waals surface area contributed by atoms with Crippen molar-refractivity contribution in [1.29, 1.82) is 0 Å². The molecule has 11 nitrogen and oxygen atoms in total. The van der Waals surface area contributed by atoms with Crippen molar-refractivity contribution in [3.8, 4) is 17.2 Å². The van der Waals surface area contributed by atoms with Gasteiger partial charge in [0.05, 0.1) is 37.1 Å². The lowest BCUT2D eigenvalue weighted by Crippen LogP contribution is -2.39. The Morgan fingerprint density at radius 1 is 0.900 bits per heavy atom. The summed E-state index contributed by atoms with van der Waals surface area (Å²) in [6.07, 6.45) is 0. The molecule has 0 bridgehead atoms.